The summed E-state index contributed by atoms with van der Waals surface area (Å²) < 4.78 is 35.8. The normalized spacial score (nSPS) is 11.2. The molecule has 2 aromatic heterocycles. The van der Waals surface area contributed by atoms with Crippen molar-refractivity contribution in [1.29, 1.82) is 0 Å². The molecule has 0 spiro atoms. The van der Waals surface area contributed by atoms with Crippen LogP contribution in [0.4, 0.5) is 22.7 Å². The van der Waals surface area contributed by atoms with Crippen LogP contribution >= 0.6 is 0 Å². The Morgan fingerprint density at radius 1 is 0.623 bits per heavy atom. The number of aromatic carboxylic acids is 2. The number of aromatic nitrogens is 4. The fourth-order valence-corrected chi connectivity index (χ4v) is 5.07. The second-order valence-electron chi connectivity index (χ2n) is 10.6. The number of rotatable bonds is 9. The number of hydrogen-bond donors (Lipinski definition) is 0. The van der Waals surface area contributed by atoms with Gasteiger partial charge in [0.2, 0.25) is 0 Å². The molecule has 6 rings (SSSR count). The van der Waals surface area contributed by atoms with Gasteiger partial charge in [0, 0.05) is 22.5 Å². The van der Waals surface area contributed by atoms with E-state index in [9.17, 15) is 42.4 Å². The molecule has 0 aliphatic heterocycles. The van der Waals surface area contributed by atoms with Gasteiger partial charge in [0.15, 0.2) is 0 Å². The smallest absolute Gasteiger partial charge is 0.744 e. The van der Waals surface area contributed by atoms with Crippen LogP contribution in [0.1, 0.15) is 35.0 Å². The van der Waals surface area contributed by atoms with E-state index in [0.29, 0.717) is 17.1 Å². The molecule has 19 heteroatoms. The fourth-order valence-electron chi connectivity index (χ4n) is 4.58. The van der Waals surface area contributed by atoms with E-state index in [1.165, 1.54) is 23.7 Å². The van der Waals surface area contributed by atoms with Gasteiger partial charge in [0.1, 0.15) is 21.5 Å². The number of hydrogen-bond acceptors (Lipinski definition) is 13. The summed E-state index contributed by atoms with van der Waals surface area (Å²) in [6.07, 6.45) is 0. The summed E-state index contributed by atoms with van der Waals surface area (Å²) in [4.78, 5) is 46.6. The van der Waals surface area contributed by atoms with Crippen molar-refractivity contribution in [3.63, 3.8) is 0 Å². The van der Waals surface area contributed by atoms with Gasteiger partial charge in [-0.25, -0.2) is 8.42 Å². The number of carbonyl (C=O) groups excluding carboxylic acids is 2. The van der Waals surface area contributed by atoms with Crippen LogP contribution < -0.4 is 31.5 Å². The summed E-state index contributed by atoms with van der Waals surface area (Å²) in [7, 11) is -4.84. The molecule has 0 saturated heterocycles. The van der Waals surface area contributed by atoms with Crippen LogP contribution in [-0.4, -0.2) is 34.3 Å². The van der Waals surface area contributed by atoms with Gasteiger partial charge < -0.3 is 43.9 Å². The molecule has 267 valence electrons. The molecule has 0 fully saturated rings. The molecule has 0 N–H and O–H groups in total. The maximum atomic E-state index is 12.5. The monoisotopic (exact) mass is 773 g/mol. The maximum Gasteiger partial charge on any atom is 3.00 e. The SMILES string of the molecule is Cc1[n-]n(-c2ccccc2)c(=O)c1N=Nc1cc(S(=O)(=O)[O-])ccc1C(=O)[O-].Cc1[n-]n(-c2ccccc2)c(=O)c1N=Nc1ccccc1C(=O)[O-].[Cr+3].[H+].[H+]. The molecule has 6 aromatic rings. The molecule has 17 nitrogen and oxygen atoms in total. The van der Waals surface area contributed by atoms with E-state index in [1.807, 2.05) is 6.07 Å². The van der Waals surface area contributed by atoms with Crippen molar-refractivity contribution in [2.45, 2.75) is 18.7 Å². The molecule has 1 radical (unpaired) electrons. The number of carboxylic acids is 2. The zero-order valence-electron chi connectivity index (χ0n) is 29.4. The first-order valence-electron chi connectivity index (χ1n) is 14.9. The number of benzene rings is 4. The molecule has 0 bridgehead atoms. The van der Waals surface area contributed by atoms with Crippen LogP contribution in [0, 0.1) is 13.8 Å². The van der Waals surface area contributed by atoms with Crippen molar-refractivity contribution in [3.8, 4) is 11.4 Å². The Balaban J connectivity index is 0.000000364. The van der Waals surface area contributed by atoms with Gasteiger partial charge in [0.25, 0.3) is 11.1 Å². The van der Waals surface area contributed by atoms with E-state index in [-0.39, 0.29) is 48.5 Å². The molecule has 4 aromatic carbocycles. The molecule has 0 unspecified atom stereocenters. The van der Waals surface area contributed by atoms with Gasteiger partial charge in [-0.15, -0.1) is 31.8 Å². The average molecular weight is 774 g/mol. The van der Waals surface area contributed by atoms with Crippen LogP contribution in [0.3, 0.4) is 0 Å². The standard InChI is InChI=1S/C17H14N4O6S.C17H14N4O3.Cr/c1-10-15(16(22)21(20-10)11-5-3-2-4-6-11)19-18-14-9-12(28(25,26)27)7-8-13(14)17(23)24;1-11-15(16(22)21(20-11)12-7-3-2-4-8-12)19-18-14-10-6-5-9-13(14)17(23)24;/h2-9H,1H3,(H3,18,20,22,23,24,25,26,27);2-10H,1H3,(H2,18,20,22,23,24);/q;;+3/p-3. The number of para-hydroxylation sites is 2. The van der Waals surface area contributed by atoms with Crippen molar-refractivity contribution in [3.05, 3.63) is 146 Å². The molecule has 0 saturated carbocycles. The predicted molar refractivity (Wildman–Crippen MR) is 180 cm³/mol. The summed E-state index contributed by atoms with van der Waals surface area (Å²) in [6, 6.07) is 25.9. The van der Waals surface area contributed by atoms with Gasteiger partial charge in [-0.3, -0.25) is 9.59 Å². The van der Waals surface area contributed by atoms with Gasteiger partial charge in [-0.2, -0.15) is 0 Å². The molecular weight excluding hydrogens is 748 g/mol. The largest absolute Gasteiger partial charge is 3.00 e. The zero-order chi connectivity index (χ0) is 37.6. The van der Waals surface area contributed by atoms with Crippen LogP contribution in [0.2, 0.25) is 0 Å². The predicted octanol–water partition coefficient (Wildman–Crippen LogP) is 2.89. The summed E-state index contributed by atoms with van der Waals surface area (Å²) in [5.41, 5.74) is -0.308. The van der Waals surface area contributed by atoms with Crippen LogP contribution in [0.15, 0.2) is 138 Å². The van der Waals surface area contributed by atoms with Crippen molar-refractivity contribution in [1.82, 2.24) is 19.6 Å². The number of azo groups is 2. The molecule has 0 aliphatic carbocycles. The summed E-state index contributed by atoms with van der Waals surface area (Å²) >= 11 is 0. The topological polar surface area (TPSA) is 259 Å². The maximum absolute atomic E-state index is 12.5. The average Bonchev–Trinajstić information content (AvgIpc) is 3.58. The first-order valence-corrected chi connectivity index (χ1v) is 16.3. The molecule has 0 aliphatic rings. The first-order chi connectivity index (χ1) is 24.8. The van der Waals surface area contributed by atoms with Crippen LogP contribution in [0.5, 0.6) is 0 Å². The van der Waals surface area contributed by atoms with Gasteiger partial charge in [0.05, 0.1) is 28.2 Å². The molecule has 2 heterocycles. The van der Waals surface area contributed by atoms with E-state index in [1.54, 1.807) is 73.7 Å². The van der Waals surface area contributed by atoms with E-state index in [2.05, 4.69) is 30.7 Å². The van der Waals surface area contributed by atoms with E-state index in [0.717, 1.165) is 22.9 Å². The Morgan fingerprint density at radius 2 is 1.04 bits per heavy atom. The van der Waals surface area contributed by atoms with Crippen molar-refractivity contribution < 1.29 is 53.0 Å². The molecule has 53 heavy (non-hydrogen) atoms. The molecule has 0 atom stereocenters. The Bertz CT molecular complexity index is 2590. The van der Waals surface area contributed by atoms with Crippen molar-refractivity contribution >= 4 is 44.8 Å². The quantitative estimate of drug-likeness (QED) is 0.152. The number of nitrogens with zero attached hydrogens (tertiary/aromatic N) is 8. The zero-order valence-corrected chi connectivity index (χ0v) is 29.5. The first kappa shape index (κ1) is 39.3. The van der Waals surface area contributed by atoms with Crippen molar-refractivity contribution in [2.24, 2.45) is 20.5 Å². The number of aryl methyl sites for hydroxylation is 2. The summed E-state index contributed by atoms with van der Waals surface area (Å²) in [6.45, 7) is 3.15. The summed E-state index contributed by atoms with van der Waals surface area (Å²) in [5.74, 6) is -3.01. The summed E-state index contributed by atoms with van der Waals surface area (Å²) in [5, 5.41) is 45.7. The van der Waals surface area contributed by atoms with E-state index >= 15 is 0 Å². The van der Waals surface area contributed by atoms with Crippen LogP contribution in [0.25, 0.3) is 11.4 Å². The minimum atomic E-state index is -4.84. The number of carbonyl (C=O) groups is 2. The Morgan fingerprint density at radius 3 is 1.49 bits per heavy atom. The van der Waals surface area contributed by atoms with E-state index in [4.69, 9.17) is 0 Å². The minimum absolute atomic E-state index is 0. The second kappa shape index (κ2) is 16.7. The Hall–Kier alpha value is -6.52. The Labute approximate surface area is 313 Å². The van der Waals surface area contributed by atoms with Gasteiger partial charge in [-0.05, 0) is 48.5 Å². The second-order valence-corrected chi connectivity index (χ2v) is 12.0. The number of carboxylic acid groups (broad SMARTS) is 2. The molecule has 0 amide bonds. The molecular formula is C34H25CrN8O9S. The van der Waals surface area contributed by atoms with Crippen LogP contribution in [-0.2, 0) is 27.5 Å². The fraction of sp³-hybridized carbons (Fsp3) is 0.0588. The van der Waals surface area contributed by atoms with E-state index < -0.39 is 49.3 Å². The van der Waals surface area contributed by atoms with Gasteiger partial charge in [-0.1, -0.05) is 68.4 Å². The third-order valence-electron chi connectivity index (χ3n) is 7.09. The van der Waals surface area contributed by atoms with Gasteiger partial charge >= 0.3 is 20.2 Å². The third-order valence-corrected chi connectivity index (χ3v) is 7.93. The third kappa shape index (κ3) is 9.05. The Kier molecular flexibility index (Phi) is 12.3. The minimum Gasteiger partial charge on any atom is -0.744 e. The van der Waals surface area contributed by atoms with Crippen molar-refractivity contribution in [2.75, 3.05) is 0 Å².